The summed E-state index contributed by atoms with van der Waals surface area (Å²) >= 11 is 0. The molecule has 0 fully saturated rings. The van der Waals surface area contributed by atoms with Gasteiger partial charge in [0, 0.05) is 11.6 Å². The molecule has 1 unspecified atom stereocenters. The van der Waals surface area contributed by atoms with E-state index in [0.717, 1.165) is 17.7 Å². The van der Waals surface area contributed by atoms with Crippen LogP contribution in [-0.2, 0) is 6.54 Å². The van der Waals surface area contributed by atoms with E-state index in [4.69, 9.17) is 10.5 Å². The molecule has 26 heavy (non-hydrogen) atoms. The number of aliphatic imine (C=N–C) groups is 1. The number of anilines is 1. The molecule has 0 spiro atoms. The van der Waals surface area contributed by atoms with Crippen LogP contribution in [0.2, 0.25) is 0 Å². The van der Waals surface area contributed by atoms with Crippen LogP contribution in [0.5, 0.6) is 5.75 Å². The first kappa shape index (κ1) is 19.3. The van der Waals surface area contributed by atoms with Crippen molar-refractivity contribution in [2.75, 3.05) is 12.4 Å². The number of methoxy groups -OCH3 is 1. The van der Waals surface area contributed by atoms with E-state index in [9.17, 15) is 4.79 Å². The van der Waals surface area contributed by atoms with Gasteiger partial charge in [0.2, 0.25) is 0 Å². The number of rotatable bonds is 7. The maximum absolute atomic E-state index is 12.1. The van der Waals surface area contributed by atoms with E-state index >= 15 is 0 Å². The van der Waals surface area contributed by atoms with Gasteiger partial charge in [-0.3, -0.25) is 4.79 Å². The number of nitrogens with zero attached hydrogens (tertiary/aromatic N) is 1. The topological polar surface area (TPSA) is 88.7 Å². The van der Waals surface area contributed by atoms with Crippen molar-refractivity contribution in [1.82, 2.24) is 5.32 Å². The van der Waals surface area contributed by atoms with Crippen molar-refractivity contribution < 1.29 is 9.53 Å². The Hall–Kier alpha value is -3.02. The van der Waals surface area contributed by atoms with Crippen molar-refractivity contribution in [3.63, 3.8) is 0 Å². The monoisotopic (exact) mass is 354 g/mol. The Morgan fingerprint density at radius 2 is 1.88 bits per heavy atom. The van der Waals surface area contributed by atoms with Crippen LogP contribution in [-0.4, -0.2) is 25.0 Å². The molecule has 0 aliphatic rings. The van der Waals surface area contributed by atoms with Crippen LogP contribution in [0, 0.1) is 0 Å². The fourth-order valence-corrected chi connectivity index (χ4v) is 2.27. The summed E-state index contributed by atoms with van der Waals surface area (Å²) in [6, 6.07) is 15.0. The van der Waals surface area contributed by atoms with Gasteiger partial charge in [-0.05, 0) is 43.2 Å². The molecule has 1 atom stereocenters. The minimum atomic E-state index is -0.0632. The molecule has 0 aromatic heterocycles. The molecule has 2 aromatic carbocycles. The summed E-state index contributed by atoms with van der Waals surface area (Å²) in [5.41, 5.74) is 8.31. The third kappa shape index (κ3) is 5.51. The molecular formula is C20H26N4O2. The second kappa shape index (κ2) is 9.46. The predicted molar refractivity (Wildman–Crippen MR) is 106 cm³/mol. The summed E-state index contributed by atoms with van der Waals surface area (Å²) in [7, 11) is 1.60. The number of guanidine groups is 1. The summed E-state index contributed by atoms with van der Waals surface area (Å²) < 4.78 is 5.27. The number of nitrogens with one attached hydrogen (secondary N) is 2. The van der Waals surface area contributed by atoms with E-state index in [-0.39, 0.29) is 11.9 Å². The molecule has 0 radical (unpaired) electrons. The molecule has 4 N–H and O–H groups in total. The lowest BCUT2D eigenvalue weighted by Gasteiger charge is -2.11. The molecule has 6 nitrogen and oxygen atoms in total. The van der Waals surface area contributed by atoms with E-state index < -0.39 is 0 Å². The molecule has 2 aromatic rings. The Bertz CT molecular complexity index is 757. The minimum Gasteiger partial charge on any atom is -0.495 e. The standard InChI is InChI=1S/C20H26N4O2/c1-4-14(2)23-19(25)16-11-9-15(10-12-16)13-22-20(21)24-17-7-5-6-8-18(17)26-3/h5-12,14H,4,13H2,1-3H3,(H,23,25)(H3,21,22,24). The van der Waals surface area contributed by atoms with E-state index in [1.807, 2.05) is 50.2 Å². The van der Waals surface area contributed by atoms with Crippen LogP contribution >= 0.6 is 0 Å². The predicted octanol–water partition coefficient (Wildman–Crippen LogP) is 3.15. The third-order valence-electron chi connectivity index (χ3n) is 4.01. The number of carbonyl (C=O) groups excluding carboxylic acids is 1. The van der Waals surface area contributed by atoms with E-state index in [0.29, 0.717) is 23.8 Å². The Kier molecular flexibility index (Phi) is 7.02. The zero-order valence-corrected chi connectivity index (χ0v) is 15.5. The number of hydrogen-bond acceptors (Lipinski definition) is 3. The maximum atomic E-state index is 12.1. The highest BCUT2D eigenvalue weighted by Gasteiger charge is 2.08. The Labute approximate surface area is 154 Å². The van der Waals surface area contributed by atoms with Gasteiger partial charge >= 0.3 is 0 Å². The lowest BCUT2D eigenvalue weighted by molar-refractivity contribution is 0.0939. The van der Waals surface area contributed by atoms with Gasteiger partial charge in [0.1, 0.15) is 5.75 Å². The smallest absolute Gasteiger partial charge is 0.251 e. The Morgan fingerprint density at radius 3 is 2.54 bits per heavy atom. The lowest BCUT2D eigenvalue weighted by atomic mass is 10.1. The van der Waals surface area contributed by atoms with Crippen LogP contribution in [0.25, 0.3) is 0 Å². The van der Waals surface area contributed by atoms with Crippen molar-refractivity contribution >= 4 is 17.6 Å². The largest absolute Gasteiger partial charge is 0.495 e. The first-order chi connectivity index (χ1) is 12.5. The molecular weight excluding hydrogens is 328 g/mol. The molecule has 0 saturated heterocycles. The number of amides is 1. The first-order valence-electron chi connectivity index (χ1n) is 8.63. The van der Waals surface area contributed by atoms with Gasteiger partial charge in [0.25, 0.3) is 5.91 Å². The number of ether oxygens (including phenoxy) is 1. The highest BCUT2D eigenvalue weighted by Crippen LogP contribution is 2.22. The summed E-state index contributed by atoms with van der Waals surface area (Å²) in [6.45, 7) is 4.44. The highest BCUT2D eigenvalue weighted by atomic mass is 16.5. The van der Waals surface area contributed by atoms with Crippen molar-refractivity contribution in [2.24, 2.45) is 10.7 Å². The number of nitrogens with two attached hydrogens (primary N) is 1. The molecule has 0 bridgehead atoms. The Balaban J connectivity index is 1.96. The lowest BCUT2D eigenvalue weighted by Crippen LogP contribution is -2.31. The Morgan fingerprint density at radius 1 is 1.19 bits per heavy atom. The zero-order chi connectivity index (χ0) is 18.9. The van der Waals surface area contributed by atoms with Gasteiger partial charge in [0.15, 0.2) is 5.96 Å². The van der Waals surface area contributed by atoms with Gasteiger partial charge in [-0.2, -0.15) is 0 Å². The van der Waals surface area contributed by atoms with Crippen LogP contribution in [0.1, 0.15) is 36.2 Å². The molecule has 6 heteroatoms. The van der Waals surface area contributed by atoms with Gasteiger partial charge in [-0.25, -0.2) is 4.99 Å². The molecule has 0 heterocycles. The fourth-order valence-electron chi connectivity index (χ4n) is 2.27. The van der Waals surface area contributed by atoms with Gasteiger partial charge < -0.3 is 21.1 Å². The number of hydrogen-bond donors (Lipinski definition) is 3. The second-order valence-electron chi connectivity index (χ2n) is 6.01. The van der Waals surface area contributed by atoms with E-state index in [2.05, 4.69) is 15.6 Å². The van der Waals surface area contributed by atoms with E-state index in [1.54, 1.807) is 19.2 Å². The van der Waals surface area contributed by atoms with Crippen molar-refractivity contribution in [2.45, 2.75) is 32.9 Å². The van der Waals surface area contributed by atoms with Gasteiger partial charge in [-0.15, -0.1) is 0 Å². The molecule has 1 amide bonds. The normalized spacial score (nSPS) is 12.3. The average Bonchev–Trinajstić information content (AvgIpc) is 2.67. The molecule has 138 valence electrons. The zero-order valence-electron chi connectivity index (χ0n) is 15.5. The molecule has 0 aliphatic carbocycles. The van der Waals surface area contributed by atoms with Gasteiger partial charge in [0.05, 0.1) is 19.3 Å². The van der Waals surface area contributed by atoms with Gasteiger partial charge in [-0.1, -0.05) is 31.2 Å². The number of para-hydroxylation sites is 2. The van der Waals surface area contributed by atoms with Crippen LogP contribution in [0.3, 0.4) is 0 Å². The van der Waals surface area contributed by atoms with Crippen LogP contribution < -0.4 is 21.1 Å². The molecule has 0 saturated carbocycles. The first-order valence-corrected chi connectivity index (χ1v) is 8.63. The van der Waals surface area contributed by atoms with E-state index in [1.165, 1.54) is 0 Å². The average molecular weight is 354 g/mol. The minimum absolute atomic E-state index is 0.0632. The second-order valence-corrected chi connectivity index (χ2v) is 6.01. The summed E-state index contributed by atoms with van der Waals surface area (Å²) in [6.07, 6.45) is 0.900. The number of carbonyl (C=O) groups is 1. The molecule has 2 rings (SSSR count). The summed E-state index contributed by atoms with van der Waals surface area (Å²) in [5, 5.41) is 5.97. The van der Waals surface area contributed by atoms with Crippen molar-refractivity contribution in [3.8, 4) is 5.75 Å². The fraction of sp³-hybridized carbons (Fsp3) is 0.300. The summed E-state index contributed by atoms with van der Waals surface area (Å²) in [5.74, 6) is 0.933. The van der Waals surface area contributed by atoms with Crippen LogP contribution in [0.4, 0.5) is 5.69 Å². The maximum Gasteiger partial charge on any atom is 0.251 e. The SMILES string of the molecule is CCC(C)NC(=O)c1ccc(CN=C(N)Nc2ccccc2OC)cc1. The molecule has 0 aliphatic heterocycles. The quantitative estimate of drug-likeness (QED) is 0.526. The van der Waals surface area contributed by atoms with Crippen molar-refractivity contribution in [1.29, 1.82) is 0 Å². The third-order valence-corrected chi connectivity index (χ3v) is 4.01. The summed E-state index contributed by atoms with van der Waals surface area (Å²) in [4.78, 5) is 16.4. The van der Waals surface area contributed by atoms with Crippen molar-refractivity contribution in [3.05, 3.63) is 59.7 Å². The highest BCUT2D eigenvalue weighted by molar-refractivity contribution is 5.94. The number of benzene rings is 2. The van der Waals surface area contributed by atoms with Crippen LogP contribution in [0.15, 0.2) is 53.5 Å².